The van der Waals surface area contributed by atoms with Gasteiger partial charge in [-0.15, -0.1) is 0 Å². The number of rotatable bonds is 7. The summed E-state index contributed by atoms with van der Waals surface area (Å²) in [6.45, 7) is 0. The fourth-order valence-electron chi connectivity index (χ4n) is 2.59. The van der Waals surface area contributed by atoms with Crippen LogP contribution in [-0.2, 0) is 0 Å². The quantitative estimate of drug-likeness (QED) is 0.643. The molecule has 0 atom stereocenters. The fraction of sp³-hybridized carbons (Fsp3) is 0.143. The number of anilines is 3. The number of ether oxygens (including phenoxy) is 3. The number of hydrogen-bond donors (Lipinski definition) is 2. The Balaban J connectivity index is 1.77. The van der Waals surface area contributed by atoms with Crippen LogP contribution in [0.2, 0.25) is 0 Å². The summed E-state index contributed by atoms with van der Waals surface area (Å²) in [5.41, 5.74) is 2.37. The molecule has 0 fully saturated rings. The van der Waals surface area contributed by atoms with E-state index < -0.39 is 0 Å². The average molecular weight is 379 g/mol. The molecule has 2 aromatic carbocycles. The minimum absolute atomic E-state index is 0.269. The van der Waals surface area contributed by atoms with E-state index in [1.807, 2.05) is 24.3 Å². The molecule has 1 aromatic heterocycles. The number of carbonyl (C=O) groups is 1. The van der Waals surface area contributed by atoms with Gasteiger partial charge in [-0.05, 0) is 36.4 Å². The van der Waals surface area contributed by atoms with Crippen LogP contribution >= 0.6 is 0 Å². The molecule has 28 heavy (non-hydrogen) atoms. The van der Waals surface area contributed by atoms with E-state index in [0.717, 1.165) is 17.1 Å². The number of amides is 1. The molecule has 0 spiro atoms. The zero-order chi connectivity index (χ0) is 19.9. The number of nitrogens with zero attached hydrogens (tertiary/aromatic N) is 1. The van der Waals surface area contributed by atoms with E-state index in [1.165, 1.54) is 7.11 Å². The van der Waals surface area contributed by atoms with Crippen molar-refractivity contribution in [2.24, 2.45) is 0 Å². The molecular weight excluding hydrogens is 358 g/mol. The molecular formula is C21H21N3O4. The van der Waals surface area contributed by atoms with Crippen LogP contribution in [0.15, 0.2) is 60.8 Å². The summed E-state index contributed by atoms with van der Waals surface area (Å²) in [5, 5.41) is 6.04. The monoisotopic (exact) mass is 379 g/mol. The maximum absolute atomic E-state index is 12.6. The lowest BCUT2D eigenvalue weighted by Crippen LogP contribution is -2.14. The van der Waals surface area contributed by atoms with E-state index >= 15 is 0 Å². The van der Waals surface area contributed by atoms with Gasteiger partial charge in [0.15, 0.2) is 0 Å². The Morgan fingerprint density at radius 3 is 2.36 bits per heavy atom. The Kier molecular flexibility index (Phi) is 5.96. The number of carbonyl (C=O) groups excluding carboxylic acids is 1. The van der Waals surface area contributed by atoms with Crippen LogP contribution in [0.4, 0.5) is 17.1 Å². The lowest BCUT2D eigenvalue weighted by molar-refractivity contribution is 0.102. The van der Waals surface area contributed by atoms with Crippen molar-refractivity contribution >= 4 is 23.0 Å². The van der Waals surface area contributed by atoms with Crippen molar-refractivity contribution in [1.29, 1.82) is 0 Å². The Bertz CT molecular complexity index is 975. The number of nitrogens with one attached hydrogen (secondary N) is 2. The van der Waals surface area contributed by atoms with Gasteiger partial charge in [-0.3, -0.25) is 9.78 Å². The summed E-state index contributed by atoms with van der Waals surface area (Å²) in [6, 6.07) is 16.1. The zero-order valence-electron chi connectivity index (χ0n) is 15.9. The van der Waals surface area contributed by atoms with Gasteiger partial charge in [0.05, 0.1) is 27.0 Å². The van der Waals surface area contributed by atoms with Crippen molar-refractivity contribution in [3.05, 3.63) is 66.5 Å². The van der Waals surface area contributed by atoms with Crippen LogP contribution < -0.4 is 24.8 Å². The average Bonchev–Trinajstić information content (AvgIpc) is 2.74. The SMILES string of the molecule is COc1cccc(Nc2ccnc(C(=O)Nc3ccc(OC)cc3OC)c2)c1. The number of aromatic nitrogens is 1. The second kappa shape index (κ2) is 8.77. The van der Waals surface area contributed by atoms with Crippen molar-refractivity contribution in [2.75, 3.05) is 32.0 Å². The van der Waals surface area contributed by atoms with Crippen LogP contribution in [-0.4, -0.2) is 32.2 Å². The van der Waals surface area contributed by atoms with Gasteiger partial charge < -0.3 is 24.8 Å². The van der Waals surface area contributed by atoms with E-state index in [-0.39, 0.29) is 11.6 Å². The summed E-state index contributed by atoms with van der Waals surface area (Å²) in [5.74, 6) is 1.53. The Hall–Kier alpha value is -3.74. The highest BCUT2D eigenvalue weighted by atomic mass is 16.5. The number of pyridine rings is 1. The first-order chi connectivity index (χ1) is 13.6. The molecule has 2 N–H and O–H groups in total. The highest BCUT2D eigenvalue weighted by molar-refractivity contribution is 6.04. The lowest BCUT2D eigenvalue weighted by Gasteiger charge is -2.12. The van der Waals surface area contributed by atoms with Crippen LogP contribution in [0.1, 0.15) is 10.5 Å². The summed E-state index contributed by atoms with van der Waals surface area (Å²) in [4.78, 5) is 16.8. The predicted octanol–water partition coefficient (Wildman–Crippen LogP) is 4.10. The summed E-state index contributed by atoms with van der Waals surface area (Å²) >= 11 is 0. The van der Waals surface area contributed by atoms with Crippen molar-refractivity contribution < 1.29 is 19.0 Å². The van der Waals surface area contributed by atoms with Crippen molar-refractivity contribution in [3.63, 3.8) is 0 Å². The second-order valence-corrected chi connectivity index (χ2v) is 5.81. The van der Waals surface area contributed by atoms with Gasteiger partial charge in [0.2, 0.25) is 0 Å². The largest absolute Gasteiger partial charge is 0.497 e. The smallest absolute Gasteiger partial charge is 0.274 e. The van der Waals surface area contributed by atoms with Gasteiger partial charge in [-0.25, -0.2) is 0 Å². The molecule has 1 amide bonds. The normalized spacial score (nSPS) is 10.1. The molecule has 144 valence electrons. The van der Waals surface area contributed by atoms with Crippen LogP contribution in [0.25, 0.3) is 0 Å². The van der Waals surface area contributed by atoms with Crippen molar-refractivity contribution in [1.82, 2.24) is 4.98 Å². The highest BCUT2D eigenvalue weighted by Crippen LogP contribution is 2.29. The number of hydrogen-bond acceptors (Lipinski definition) is 6. The van der Waals surface area contributed by atoms with Crippen LogP contribution in [0, 0.1) is 0 Å². The third-order valence-electron chi connectivity index (χ3n) is 4.01. The van der Waals surface area contributed by atoms with E-state index in [0.29, 0.717) is 17.2 Å². The van der Waals surface area contributed by atoms with E-state index in [1.54, 1.807) is 50.7 Å². The maximum atomic E-state index is 12.6. The van der Waals surface area contributed by atoms with Gasteiger partial charge in [-0.1, -0.05) is 6.07 Å². The van der Waals surface area contributed by atoms with Crippen LogP contribution in [0.5, 0.6) is 17.2 Å². The fourth-order valence-corrected chi connectivity index (χ4v) is 2.59. The van der Waals surface area contributed by atoms with E-state index in [9.17, 15) is 4.79 Å². The second-order valence-electron chi connectivity index (χ2n) is 5.81. The molecule has 0 saturated carbocycles. The van der Waals surface area contributed by atoms with Crippen LogP contribution in [0.3, 0.4) is 0 Å². The molecule has 0 aliphatic heterocycles. The van der Waals surface area contributed by atoms with Gasteiger partial charge in [0.25, 0.3) is 5.91 Å². The molecule has 0 radical (unpaired) electrons. The Labute approximate surface area is 163 Å². The van der Waals surface area contributed by atoms with Gasteiger partial charge in [-0.2, -0.15) is 0 Å². The molecule has 7 heteroatoms. The zero-order valence-corrected chi connectivity index (χ0v) is 15.9. The molecule has 3 aromatic rings. The minimum atomic E-state index is -0.349. The molecule has 7 nitrogen and oxygen atoms in total. The molecule has 1 heterocycles. The molecule has 0 unspecified atom stereocenters. The van der Waals surface area contributed by atoms with Gasteiger partial charge >= 0.3 is 0 Å². The maximum Gasteiger partial charge on any atom is 0.274 e. The standard InChI is InChI=1S/C21H21N3O4/c1-26-16-6-4-5-14(11-16)23-15-9-10-22-19(12-15)21(25)24-18-8-7-17(27-2)13-20(18)28-3/h4-13H,1-3H3,(H,22,23)(H,24,25). The Morgan fingerprint density at radius 1 is 0.857 bits per heavy atom. The lowest BCUT2D eigenvalue weighted by atomic mass is 10.2. The molecule has 0 saturated heterocycles. The molecule has 0 aliphatic rings. The Morgan fingerprint density at radius 2 is 1.61 bits per heavy atom. The number of methoxy groups -OCH3 is 3. The van der Waals surface area contributed by atoms with E-state index in [2.05, 4.69) is 15.6 Å². The third-order valence-corrected chi connectivity index (χ3v) is 4.01. The molecule has 0 bridgehead atoms. The summed E-state index contributed by atoms with van der Waals surface area (Å²) in [6.07, 6.45) is 1.57. The van der Waals surface area contributed by atoms with Crippen molar-refractivity contribution in [3.8, 4) is 17.2 Å². The molecule has 3 rings (SSSR count). The topological polar surface area (TPSA) is 81.7 Å². The third kappa shape index (κ3) is 4.50. The predicted molar refractivity (Wildman–Crippen MR) is 108 cm³/mol. The summed E-state index contributed by atoms with van der Waals surface area (Å²) in [7, 11) is 4.71. The van der Waals surface area contributed by atoms with Crippen molar-refractivity contribution in [2.45, 2.75) is 0 Å². The summed E-state index contributed by atoms with van der Waals surface area (Å²) < 4.78 is 15.7. The first-order valence-electron chi connectivity index (χ1n) is 8.53. The van der Waals surface area contributed by atoms with Gasteiger partial charge in [0.1, 0.15) is 22.9 Å². The first-order valence-corrected chi connectivity index (χ1v) is 8.53. The molecule has 0 aliphatic carbocycles. The number of benzene rings is 2. The van der Waals surface area contributed by atoms with Gasteiger partial charge in [0, 0.05) is 29.7 Å². The highest BCUT2D eigenvalue weighted by Gasteiger charge is 2.12. The first kappa shape index (κ1) is 19.0. The minimum Gasteiger partial charge on any atom is -0.497 e. The van der Waals surface area contributed by atoms with E-state index in [4.69, 9.17) is 14.2 Å².